The van der Waals surface area contributed by atoms with Gasteiger partial charge in [-0.05, 0) is 72.7 Å². The van der Waals surface area contributed by atoms with Gasteiger partial charge >= 0.3 is 0 Å². The summed E-state index contributed by atoms with van der Waals surface area (Å²) in [6, 6.07) is 17.6. The number of amides is 1. The monoisotopic (exact) mass is 502 g/mol. The number of nitrogens with zero attached hydrogens (tertiary/aromatic N) is 2. The number of methoxy groups -OCH3 is 1. The Labute approximate surface area is 219 Å². The highest BCUT2D eigenvalue weighted by Crippen LogP contribution is 2.35. The van der Waals surface area contributed by atoms with E-state index in [0.29, 0.717) is 32.3 Å². The zero-order valence-electron chi connectivity index (χ0n) is 22.0. The summed E-state index contributed by atoms with van der Waals surface area (Å²) in [5, 5.41) is 2.41. The first-order valence-electron chi connectivity index (χ1n) is 13.6. The normalized spacial score (nSPS) is 19.4. The number of hydrogen-bond donors (Lipinski definition) is 0. The van der Waals surface area contributed by atoms with Crippen molar-refractivity contribution in [3.8, 4) is 11.1 Å². The molecule has 6 heteroatoms. The molecule has 1 aromatic heterocycles. The van der Waals surface area contributed by atoms with Crippen molar-refractivity contribution in [1.29, 1.82) is 0 Å². The lowest BCUT2D eigenvalue weighted by Gasteiger charge is -2.37. The van der Waals surface area contributed by atoms with Gasteiger partial charge in [0.1, 0.15) is 6.10 Å². The zero-order valence-corrected chi connectivity index (χ0v) is 22.0. The highest BCUT2D eigenvalue weighted by molar-refractivity contribution is 5.88. The van der Waals surface area contributed by atoms with E-state index >= 15 is 0 Å². The zero-order chi connectivity index (χ0) is 25.6. The van der Waals surface area contributed by atoms with Gasteiger partial charge in [-0.25, -0.2) is 0 Å². The predicted molar refractivity (Wildman–Crippen MR) is 146 cm³/mol. The molecule has 3 aromatic rings. The fourth-order valence-corrected chi connectivity index (χ4v) is 5.79. The second-order valence-electron chi connectivity index (χ2n) is 10.3. The molecule has 196 valence electrons. The van der Waals surface area contributed by atoms with Gasteiger partial charge in [0.2, 0.25) is 0 Å². The molecule has 2 aromatic carbocycles. The predicted octanol–water partition coefficient (Wildman–Crippen LogP) is 5.37. The van der Waals surface area contributed by atoms with E-state index < -0.39 is 0 Å². The van der Waals surface area contributed by atoms with E-state index in [1.165, 1.54) is 27.5 Å². The van der Waals surface area contributed by atoms with E-state index in [4.69, 9.17) is 14.2 Å². The molecule has 1 unspecified atom stereocenters. The molecule has 3 heterocycles. The minimum absolute atomic E-state index is 0.176. The molecule has 5 rings (SSSR count). The topological polar surface area (TPSA) is 60.9 Å². The fraction of sp³-hybridized carbons (Fsp3) is 0.484. The van der Waals surface area contributed by atoms with Gasteiger partial charge in [-0.1, -0.05) is 36.4 Å². The number of fused-ring (bicyclic) bond motifs is 1. The molecule has 2 atom stereocenters. The van der Waals surface area contributed by atoms with Gasteiger partial charge in [0.15, 0.2) is 0 Å². The Morgan fingerprint density at radius 3 is 2.57 bits per heavy atom. The standard InChI is InChI=1S/C31H38N2O4/c1-22-28-10-9-26(20-27(28)11-14-32-22)23-5-7-24(8-6-23)29(21-36-19-18-35-2)25-12-15-33(16-13-25)31(34)30-4-3-17-37-30/h5-11,14,20,25,29-30H,3-4,12-13,15-19,21H2,1-2H3/t29?,30-/m1/s1. The smallest absolute Gasteiger partial charge is 0.251 e. The summed E-state index contributed by atoms with van der Waals surface area (Å²) in [5.74, 6) is 0.934. The number of aryl methyl sites for hydroxylation is 1. The third-order valence-electron chi connectivity index (χ3n) is 7.99. The molecule has 37 heavy (non-hydrogen) atoms. The van der Waals surface area contributed by atoms with Gasteiger partial charge in [0.05, 0.1) is 19.8 Å². The van der Waals surface area contributed by atoms with Gasteiger partial charge in [0, 0.05) is 50.0 Å². The Morgan fingerprint density at radius 2 is 1.84 bits per heavy atom. The van der Waals surface area contributed by atoms with E-state index in [1.807, 2.05) is 11.1 Å². The van der Waals surface area contributed by atoms with Crippen molar-refractivity contribution in [2.75, 3.05) is 46.6 Å². The molecule has 2 saturated heterocycles. The number of ether oxygens (including phenoxy) is 3. The Balaban J connectivity index is 1.29. The van der Waals surface area contributed by atoms with Gasteiger partial charge in [-0.3, -0.25) is 9.78 Å². The van der Waals surface area contributed by atoms with Crippen LogP contribution in [-0.2, 0) is 19.0 Å². The summed E-state index contributed by atoms with van der Waals surface area (Å²) in [6.07, 6.45) is 5.45. The van der Waals surface area contributed by atoms with Crippen LogP contribution in [0.15, 0.2) is 54.7 Å². The largest absolute Gasteiger partial charge is 0.382 e. The summed E-state index contributed by atoms with van der Waals surface area (Å²) >= 11 is 0. The minimum atomic E-state index is -0.229. The van der Waals surface area contributed by atoms with Crippen molar-refractivity contribution >= 4 is 16.7 Å². The van der Waals surface area contributed by atoms with E-state index in [2.05, 4.69) is 60.4 Å². The highest BCUT2D eigenvalue weighted by atomic mass is 16.5. The number of carbonyl (C=O) groups is 1. The Morgan fingerprint density at radius 1 is 1.05 bits per heavy atom. The summed E-state index contributed by atoms with van der Waals surface area (Å²) < 4.78 is 16.9. The van der Waals surface area contributed by atoms with Gasteiger partial charge in [-0.2, -0.15) is 0 Å². The number of aromatic nitrogens is 1. The molecular formula is C31H38N2O4. The van der Waals surface area contributed by atoms with Crippen molar-refractivity contribution in [2.45, 2.75) is 44.6 Å². The average Bonchev–Trinajstić information content (AvgIpc) is 3.48. The van der Waals surface area contributed by atoms with Crippen LogP contribution in [0.5, 0.6) is 0 Å². The maximum atomic E-state index is 12.8. The minimum Gasteiger partial charge on any atom is -0.382 e. The number of likely N-dealkylation sites (tertiary alicyclic amines) is 1. The quantitative estimate of drug-likeness (QED) is 0.368. The van der Waals surface area contributed by atoms with Crippen molar-refractivity contribution < 1.29 is 19.0 Å². The van der Waals surface area contributed by atoms with Crippen LogP contribution in [0, 0.1) is 12.8 Å². The van der Waals surface area contributed by atoms with Crippen LogP contribution in [0.1, 0.15) is 42.9 Å². The fourth-order valence-electron chi connectivity index (χ4n) is 5.79. The Bertz CT molecular complexity index is 1180. The van der Waals surface area contributed by atoms with Crippen LogP contribution >= 0.6 is 0 Å². The van der Waals surface area contributed by atoms with Crippen LogP contribution in [0.3, 0.4) is 0 Å². The first-order chi connectivity index (χ1) is 18.1. The number of carbonyl (C=O) groups excluding carboxylic acids is 1. The van der Waals surface area contributed by atoms with E-state index in [-0.39, 0.29) is 17.9 Å². The molecule has 0 N–H and O–H groups in total. The first kappa shape index (κ1) is 25.8. The van der Waals surface area contributed by atoms with E-state index in [1.54, 1.807) is 7.11 Å². The average molecular weight is 503 g/mol. The van der Waals surface area contributed by atoms with Crippen molar-refractivity contribution in [1.82, 2.24) is 9.88 Å². The summed E-state index contributed by atoms with van der Waals surface area (Å²) in [5.41, 5.74) is 4.76. The Hall–Kier alpha value is -2.80. The van der Waals surface area contributed by atoms with Crippen LogP contribution in [0.4, 0.5) is 0 Å². The van der Waals surface area contributed by atoms with Crippen LogP contribution < -0.4 is 0 Å². The van der Waals surface area contributed by atoms with Gasteiger partial charge < -0.3 is 19.1 Å². The molecule has 6 nitrogen and oxygen atoms in total. The van der Waals surface area contributed by atoms with Crippen LogP contribution in [0.2, 0.25) is 0 Å². The van der Waals surface area contributed by atoms with Crippen molar-refractivity contribution in [3.63, 3.8) is 0 Å². The number of benzene rings is 2. The first-order valence-corrected chi connectivity index (χ1v) is 13.6. The molecule has 2 aliphatic rings. The van der Waals surface area contributed by atoms with E-state index in [0.717, 1.165) is 44.5 Å². The number of piperidine rings is 1. The molecular weight excluding hydrogens is 464 g/mol. The highest BCUT2D eigenvalue weighted by Gasteiger charge is 2.33. The third-order valence-corrected chi connectivity index (χ3v) is 7.99. The van der Waals surface area contributed by atoms with E-state index in [9.17, 15) is 4.79 Å². The number of hydrogen-bond acceptors (Lipinski definition) is 5. The molecule has 0 bridgehead atoms. The molecule has 2 fully saturated rings. The second-order valence-corrected chi connectivity index (χ2v) is 10.3. The van der Waals surface area contributed by atoms with Gasteiger partial charge in [0.25, 0.3) is 5.91 Å². The summed E-state index contributed by atoms with van der Waals surface area (Å²) in [7, 11) is 1.70. The maximum Gasteiger partial charge on any atom is 0.251 e. The van der Waals surface area contributed by atoms with Gasteiger partial charge in [-0.15, -0.1) is 0 Å². The molecule has 1 amide bonds. The molecule has 2 aliphatic heterocycles. The molecule has 0 aliphatic carbocycles. The number of pyridine rings is 1. The van der Waals surface area contributed by atoms with Crippen LogP contribution in [0.25, 0.3) is 21.9 Å². The molecule has 0 radical (unpaired) electrons. The molecule has 0 spiro atoms. The second kappa shape index (κ2) is 12.2. The summed E-state index contributed by atoms with van der Waals surface area (Å²) in [6.45, 7) is 6.19. The lowest BCUT2D eigenvalue weighted by molar-refractivity contribution is -0.142. The number of rotatable bonds is 9. The Kier molecular flexibility index (Phi) is 8.49. The maximum absolute atomic E-state index is 12.8. The summed E-state index contributed by atoms with van der Waals surface area (Å²) in [4.78, 5) is 19.2. The lowest BCUT2D eigenvalue weighted by atomic mass is 9.80. The third kappa shape index (κ3) is 6.03. The lowest BCUT2D eigenvalue weighted by Crippen LogP contribution is -2.44. The van der Waals surface area contributed by atoms with Crippen molar-refractivity contribution in [2.24, 2.45) is 5.92 Å². The molecule has 0 saturated carbocycles. The van der Waals surface area contributed by atoms with Crippen LogP contribution in [-0.4, -0.2) is 68.5 Å². The SMILES string of the molecule is COCCOCC(c1ccc(-c2ccc3c(C)nccc3c2)cc1)C1CCN(C(=O)[C@H]2CCCO2)CC1. The van der Waals surface area contributed by atoms with Crippen molar-refractivity contribution in [3.05, 3.63) is 66.0 Å².